The predicted molar refractivity (Wildman–Crippen MR) is 85.0 cm³/mol. The lowest BCUT2D eigenvalue weighted by molar-refractivity contribution is -0.129. The molecule has 3 heterocycles. The van der Waals surface area contributed by atoms with Crippen molar-refractivity contribution in [2.75, 3.05) is 32.7 Å². The molecule has 0 aromatic heterocycles. The number of likely N-dealkylation sites (tertiary alicyclic amines) is 1. The van der Waals surface area contributed by atoms with E-state index in [0.29, 0.717) is 32.1 Å². The molecule has 3 rings (SSSR count). The topological polar surface area (TPSA) is 60.9 Å². The molecule has 3 aliphatic rings. The Kier molecular flexibility index (Phi) is 4.49. The third-order valence-corrected chi connectivity index (χ3v) is 7.84. The number of piperazine rings is 1. The minimum absolute atomic E-state index is 0.0199. The van der Waals surface area contributed by atoms with Gasteiger partial charge in [-0.1, -0.05) is 0 Å². The van der Waals surface area contributed by atoms with Crippen LogP contribution >= 0.6 is 0 Å². The number of nitrogens with zero attached hydrogens (tertiary/aromatic N) is 3. The van der Waals surface area contributed by atoms with Crippen LogP contribution in [-0.2, 0) is 14.8 Å². The molecule has 0 saturated carbocycles. The molecule has 0 N–H and O–H groups in total. The van der Waals surface area contributed by atoms with Gasteiger partial charge in [0.15, 0.2) is 0 Å². The first-order chi connectivity index (χ1) is 10.4. The number of piperidine rings is 1. The van der Waals surface area contributed by atoms with Gasteiger partial charge >= 0.3 is 0 Å². The average Bonchev–Trinajstić information content (AvgIpc) is 2.93. The van der Waals surface area contributed by atoms with Crippen molar-refractivity contribution in [1.29, 1.82) is 0 Å². The molecule has 3 saturated heterocycles. The number of rotatable bonds is 2. The van der Waals surface area contributed by atoms with Crippen molar-refractivity contribution in [3.63, 3.8) is 0 Å². The fraction of sp³-hybridized carbons (Fsp3) is 0.933. The molecule has 6 nitrogen and oxygen atoms in total. The third-order valence-electron chi connectivity index (χ3n) is 5.45. The number of hydrogen-bond donors (Lipinski definition) is 0. The highest BCUT2D eigenvalue weighted by molar-refractivity contribution is 7.89. The van der Waals surface area contributed by atoms with E-state index in [9.17, 15) is 13.2 Å². The number of sulfonamides is 1. The smallest absolute Gasteiger partial charge is 0.219 e. The first-order valence-electron chi connectivity index (χ1n) is 8.40. The maximum absolute atomic E-state index is 13.1. The van der Waals surface area contributed by atoms with Crippen molar-refractivity contribution in [1.82, 2.24) is 14.1 Å². The first-order valence-corrected chi connectivity index (χ1v) is 9.90. The molecule has 0 radical (unpaired) electrons. The van der Waals surface area contributed by atoms with E-state index in [4.69, 9.17) is 0 Å². The first kappa shape index (κ1) is 16.2. The fourth-order valence-electron chi connectivity index (χ4n) is 4.17. The van der Waals surface area contributed by atoms with Gasteiger partial charge in [-0.25, -0.2) is 8.42 Å². The molecule has 0 aromatic rings. The molecule has 3 atom stereocenters. The van der Waals surface area contributed by atoms with Crippen LogP contribution in [0.4, 0.5) is 0 Å². The molecule has 0 bridgehead atoms. The van der Waals surface area contributed by atoms with E-state index in [1.165, 1.54) is 13.3 Å². The monoisotopic (exact) mass is 329 g/mol. The van der Waals surface area contributed by atoms with Crippen molar-refractivity contribution in [3.8, 4) is 0 Å². The van der Waals surface area contributed by atoms with Crippen LogP contribution in [0.15, 0.2) is 0 Å². The summed E-state index contributed by atoms with van der Waals surface area (Å²) in [7, 11) is -3.33. The largest absolute Gasteiger partial charge is 0.342 e. The second kappa shape index (κ2) is 6.09. The van der Waals surface area contributed by atoms with E-state index >= 15 is 0 Å². The summed E-state index contributed by atoms with van der Waals surface area (Å²) >= 11 is 0. The van der Waals surface area contributed by atoms with Gasteiger partial charge in [-0.15, -0.1) is 0 Å². The van der Waals surface area contributed by atoms with Crippen molar-refractivity contribution in [2.45, 2.75) is 56.9 Å². The van der Waals surface area contributed by atoms with Gasteiger partial charge in [-0.05, 0) is 39.2 Å². The number of amides is 1. The summed E-state index contributed by atoms with van der Waals surface area (Å²) in [5.74, 6) is -0.0199. The predicted octanol–water partition coefficient (Wildman–Crippen LogP) is 0.496. The molecule has 3 fully saturated rings. The molecule has 7 heteroatoms. The Bertz CT molecular complexity index is 536. The fourth-order valence-corrected chi connectivity index (χ4v) is 6.34. The molecule has 0 aliphatic carbocycles. The van der Waals surface area contributed by atoms with Crippen LogP contribution in [-0.4, -0.2) is 78.5 Å². The van der Waals surface area contributed by atoms with Crippen LogP contribution in [0.3, 0.4) is 0 Å². The molecule has 1 amide bonds. The Labute approximate surface area is 133 Å². The van der Waals surface area contributed by atoms with Crippen LogP contribution in [0.1, 0.15) is 39.5 Å². The van der Waals surface area contributed by atoms with Gasteiger partial charge in [0.25, 0.3) is 0 Å². The lowest BCUT2D eigenvalue weighted by atomic mass is 10.1. The van der Waals surface area contributed by atoms with Gasteiger partial charge < -0.3 is 4.90 Å². The van der Waals surface area contributed by atoms with E-state index in [1.54, 1.807) is 9.21 Å². The van der Waals surface area contributed by atoms with Gasteiger partial charge in [-0.2, -0.15) is 4.31 Å². The average molecular weight is 329 g/mol. The van der Waals surface area contributed by atoms with Crippen molar-refractivity contribution >= 4 is 15.9 Å². The Hall–Kier alpha value is -0.660. The lowest BCUT2D eigenvalue weighted by Gasteiger charge is -2.43. The molecule has 0 spiro atoms. The van der Waals surface area contributed by atoms with Gasteiger partial charge in [0, 0.05) is 45.2 Å². The Morgan fingerprint density at radius 1 is 1.05 bits per heavy atom. The van der Waals surface area contributed by atoms with Crippen LogP contribution in [0.2, 0.25) is 0 Å². The highest BCUT2D eigenvalue weighted by Gasteiger charge is 2.43. The summed E-state index contributed by atoms with van der Waals surface area (Å²) in [5, 5.41) is -0.430. The molecule has 3 aliphatic heterocycles. The summed E-state index contributed by atoms with van der Waals surface area (Å²) < 4.78 is 27.9. The van der Waals surface area contributed by atoms with E-state index in [-0.39, 0.29) is 11.9 Å². The van der Waals surface area contributed by atoms with Crippen molar-refractivity contribution in [2.24, 2.45) is 0 Å². The standard InChI is InChI=1S/C15H27N3O3S/c1-12-9-17-8-3-5-14(17)10-18(12)22(20,21)15-6-4-7-16(11-15)13(2)19/h12,14-15H,3-11H2,1-2H3. The molecule has 22 heavy (non-hydrogen) atoms. The lowest BCUT2D eigenvalue weighted by Crippen LogP contribution is -2.59. The summed E-state index contributed by atoms with van der Waals surface area (Å²) in [6.45, 7) is 7.15. The summed E-state index contributed by atoms with van der Waals surface area (Å²) in [4.78, 5) is 15.7. The zero-order chi connectivity index (χ0) is 15.9. The zero-order valence-electron chi connectivity index (χ0n) is 13.6. The van der Waals surface area contributed by atoms with E-state index in [1.807, 2.05) is 6.92 Å². The minimum atomic E-state index is -3.33. The second-order valence-electron chi connectivity index (χ2n) is 6.98. The summed E-state index contributed by atoms with van der Waals surface area (Å²) in [6, 6.07) is 0.422. The van der Waals surface area contributed by atoms with Crippen LogP contribution in [0.25, 0.3) is 0 Å². The number of hydrogen-bond acceptors (Lipinski definition) is 4. The number of carbonyl (C=O) groups excluding carboxylic acids is 1. The minimum Gasteiger partial charge on any atom is -0.342 e. The summed E-state index contributed by atoms with van der Waals surface area (Å²) in [6.07, 6.45) is 3.72. The maximum Gasteiger partial charge on any atom is 0.219 e. The highest BCUT2D eigenvalue weighted by atomic mass is 32.2. The van der Waals surface area contributed by atoms with Gasteiger partial charge in [0.1, 0.15) is 0 Å². The van der Waals surface area contributed by atoms with E-state index in [2.05, 4.69) is 4.90 Å². The Morgan fingerprint density at radius 3 is 2.50 bits per heavy atom. The van der Waals surface area contributed by atoms with Gasteiger partial charge in [0.05, 0.1) is 5.25 Å². The highest BCUT2D eigenvalue weighted by Crippen LogP contribution is 2.29. The number of carbonyl (C=O) groups is 1. The zero-order valence-corrected chi connectivity index (χ0v) is 14.4. The summed E-state index contributed by atoms with van der Waals surface area (Å²) in [5.41, 5.74) is 0. The molecular formula is C15H27N3O3S. The number of fused-ring (bicyclic) bond motifs is 1. The van der Waals surface area contributed by atoms with Gasteiger partial charge in [-0.3, -0.25) is 9.69 Å². The maximum atomic E-state index is 13.1. The van der Waals surface area contributed by atoms with E-state index < -0.39 is 15.3 Å². The normalized spacial score (nSPS) is 34.6. The van der Waals surface area contributed by atoms with Crippen LogP contribution in [0, 0.1) is 0 Å². The Morgan fingerprint density at radius 2 is 1.77 bits per heavy atom. The third kappa shape index (κ3) is 2.90. The SMILES string of the molecule is CC(=O)N1CCCC(S(=O)(=O)N2CC3CCCN3CC2C)C1. The molecule has 126 valence electrons. The van der Waals surface area contributed by atoms with E-state index in [0.717, 1.165) is 25.9 Å². The molecule has 0 aromatic carbocycles. The van der Waals surface area contributed by atoms with Crippen molar-refractivity contribution in [3.05, 3.63) is 0 Å². The van der Waals surface area contributed by atoms with Crippen LogP contribution < -0.4 is 0 Å². The van der Waals surface area contributed by atoms with Crippen molar-refractivity contribution < 1.29 is 13.2 Å². The second-order valence-corrected chi connectivity index (χ2v) is 9.15. The molecule has 3 unspecified atom stereocenters. The van der Waals surface area contributed by atoms with Crippen LogP contribution in [0.5, 0.6) is 0 Å². The quantitative estimate of drug-likeness (QED) is 0.740. The Balaban J connectivity index is 1.75. The van der Waals surface area contributed by atoms with Gasteiger partial charge in [0.2, 0.25) is 15.9 Å². The molecular weight excluding hydrogens is 302 g/mol.